The van der Waals surface area contributed by atoms with E-state index in [4.69, 9.17) is 4.74 Å². The first kappa shape index (κ1) is 21.4. The van der Waals surface area contributed by atoms with Crippen LogP contribution in [0.2, 0.25) is 0 Å². The number of carbonyl (C=O) groups is 2. The van der Waals surface area contributed by atoms with Gasteiger partial charge in [0.2, 0.25) is 5.91 Å². The third-order valence-corrected chi connectivity index (χ3v) is 5.12. The number of piperidine rings is 1. The molecule has 1 fully saturated rings. The van der Waals surface area contributed by atoms with Crippen LogP contribution < -0.4 is 15.4 Å². The summed E-state index contributed by atoms with van der Waals surface area (Å²) in [7, 11) is 0. The summed E-state index contributed by atoms with van der Waals surface area (Å²) >= 11 is 0. The minimum Gasteiger partial charge on any atom is -0.489 e. The molecule has 0 unspecified atom stereocenters. The minimum absolute atomic E-state index is 0.0475. The van der Waals surface area contributed by atoms with Gasteiger partial charge in [-0.1, -0.05) is 31.7 Å². The van der Waals surface area contributed by atoms with Crippen LogP contribution in [-0.2, 0) is 4.79 Å². The standard InChI is InChI=1S/C24H29N3O3/c1-3-14-30-22-9-5-8-21(16-22)26-23(28)17-25-20-7-4-6-19(15-20)24(29)27-12-10-18(2)11-13-27/h3-9,15-16,18,25H,1,10-14,17H2,2H3,(H,26,28). The zero-order chi connectivity index (χ0) is 21.3. The molecule has 6 nitrogen and oxygen atoms in total. The van der Waals surface area contributed by atoms with Crippen molar-refractivity contribution in [3.05, 3.63) is 66.7 Å². The van der Waals surface area contributed by atoms with Gasteiger partial charge in [-0.2, -0.15) is 0 Å². The summed E-state index contributed by atoms with van der Waals surface area (Å²) in [5, 5.41) is 5.93. The van der Waals surface area contributed by atoms with Crippen LogP contribution in [0.4, 0.5) is 11.4 Å². The second-order valence-electron chi connectivity index (χ2n) is 7.58. The Bertz CT molecular complexity index is 889. The van der Waals surface area contributed by atoms with Gasteiger partial charge in [0, 0.05) is 36.1 Å². The number of nitrogens with one attached hydrogen (secondary N) is 2. The van der Waals surface area contributed by atoms with Crippen molar-refractivity contribution in [2.75, 3.05) is 36.9 Å². The van der Waals surface area contributed by atoms with E-state index < -0.39 is 0 Å². The zero-order valence-electron chi connectivity index (χ0n) is 17.4. The molecule has 1 aliphatic heterocycles. The van der Waals surface area contributed by atoms with Crippen LogP contribution in [0.15, 0.2) is 61.2 Å². The molecule has 0 radical (unpaired) electrons. The molecule has 2 aromatic carbocycles. The van der Waals surface area contributed by atoms with E-state index >= 15 is 0 Å². The van der Waals surface area contributed by atoms with E-state index in [1.54, 1.807) is 24.3 Å². The summed E-state index contributed by atoms with van der Waals surface area (Å²) in [4.78, 5) is 27.0. The van der Waals surface area contributed by atoms with E-state index in [1.165, 1.54) is 0 Å². The minimum atomic E-state index is -0.183. The predicted octanol–water partition coefficient (Wildman–Crippen LogP) is 4.17. The Kier molecular flexibility index (Phi) is 7.49. The second kappa shape index (κ2) is 10.5. The van der Waals surface area contributed by atoms with E-state index in [2.05, 4.69) is 24.1 Å². The number of benzene rings is 2. The lowest BCUT2D eigenvalue weighted by molar-refractivity contribution is -0.114. The monoisotopic (exact) mass is 407 g/mol. The van der Waals surface area contributed by atoms with Gasteiger partial charge in [0.25, 0.3) is 5.91 Å². The highest BCUT2D eigenvalue weighted by molar-refractivity contribution is 5.96. The average Bonchev–Trinajstić information content (AvgIpc) is 2.77. The van der Waals surface area contributed by atoms with Gasteiger partial charge in [-0.25, -0.2) is 0 Å². The molecule has 1 aliphatic rings. The van der Waals surface area contributed by atoms with Crippen molar-refractivity contribution in [2.45, 2.75) is 19.8 Å². The Morgan fingerprint density at radius 3 is 2.63 bits per heavy atom. The van der Waals surface area contributed by atoms with Crippen molar-refractivity contribution >= 4 is 23.2 Å². The summed E-state index contributed by atoms with van der Waals surface area (Å²) in [6, 6.07) is 14.5. The summed E-state index contributed by atoms with van der Waals surface area (Å²) in [5.41, 5.74) is 2.04. The van der Waals surface area contributed by atoms with E-state index in [0.717, 1.165) is 31.6 Å². The van der Waals surface area contributed by atoms with Gasteiger partial charge in [0.15, 0.2) is 0 Å². The quantitative estimate of drug-likeness (QED) is 0.644. The molecule has 0 saturated carbocycles. The van der Waals surface area contributed by atoms with Crippen LogP contribution >= 0.6 is 0 Å². The number of likely N-dealkylation sites (tertiary alicyclic amines) is 1. The maximum Gasteiger partial charge on any atom is 0.253 e. The number of ether oxygens (including phenoxy) is 1. The van der Waals surface area contributed by atoms with Gasteiger partial charge in [0.1, 0.15) is 12.4 Å². The van der Waals surface area contributed by atoms with Crippen molar-refractivity contribution < 1.29 is 14.3 Å². The molecular weight excluding hydrogens is 378 g/mol. The highest BCUT2D eigenvalue weighted by Gasteiger charge is 2.21. The van der Waals surface area contributed by atoms with E-state index in [-0.39, 0.29) is 18.4 Å². The van der Waals surface area contributed by atoms with Gasteiger partial charge in [0.05, 0.1) is 6.54 Å². The molecule has 0 atom stereocenters. The number of nitrogens with zero attached hydrogens (tertiary/aromatic N) is 1. The number of hydrogen-bond acceptors (Lipinski definition) is 4. The topological polar surface area (TPSA) is 70.7 Å². The lowest BCUT2D eigenvalue weighted by Crippen LogP contribution is -2.37. The molecule has 0 aliphatic carbocycles. The molecule has 2 amide bonds. The Morgan fingerprint density at radius 1 is 1.13 bits per heavy atom. The average molecular weight is 408 g/mol. The third kappa shape index (κ3) is 6.11. The first-order valence-corrected chi connectivity index (χ1v) is 10.3. The molecular formula is C24H29N3O3. The Labute approximate surface area is 177 Å². The van der Waals surface area contributed by atoms with Crippen LogP contribution in [0.5, 0.6) is 5.75 Å². The highest BCUT2D eigenvalue weighted by Crippen LogP contribution is 2.20. The van der Waals surface area contributed by atoms with Crippen LogP contribution in [0.1, 0.15) is 30.1 Å². The number of hydrogen-bond donors (Lipinski definition) is 2. The van der Waals surface area contributed by atoms with Crippen molar-refractivity contribution in [3.63, 3.8) is 0 Å². The van der Waals surface area contributed by atoms with E-state index in [1.807, 2.05) is 35.2 Å². The summed E-state index contributed by atoms with van der Waals surface area (Å²) < 4.78 is 5.48. The van der Waals surface area contributed by atoms with Crippen molar-refractivity contribution in [1.82, 2.24) is 4.90 Å². The number of amides is 2. The smallest absolute Gasteiger partial charge is 0.253 e. The third-order valence-electron chi connectivity index (χ3n) is 5.12. The number of anilines is 2. The molecule has 1 saturated heterocycles. The fourth-order valence-electron chi connectivity index (χ4n) is 3.36. The maximum absolute atomic E-state index is 12.7. The van der Waals surface area contributed by atoms with Gasteiger partial charge in [-0.15, -0.1) is 0 Å². The molecule has 0 bridgehead atoms. The lowest BCUT2D eigenvalue weighted by atomic mass is 9.98. The van der Waals surface area contributed by atoms with E-state index in [9.17, 15) is 9.59 Å². The number of rotatable bonds is 8. The lowest BCUT2D eigenvalue weighted by Gasteiger charge is -2.30. The largest absolute Gasteiger partial charge is 0.489 e. The molecule has 30 heavy (non-hydrogen) atoms. The predicted molar refractivity (Wildman–Crippen MR) is 120 cm³/mol. The number of carbonyl (C=O) groups excluding carboxylic acids is 2. The Hall–Kier alpha value is -3.28. The highest BCUT2D eigenvalue weighted by atomic mass is 16.5. The fourth-order valence-corrected chi connectivity index (χ4v) is 3.36. The van der Waals surface area contributed by atoms with E-state index in [0.29, 0.717) is 29.5 Å². The van der Waals surface area contributed by atoms with Gasteiger partial charge >= 0.3 is 0 Å². The van der Waals surface area contributed by atoms with Crippen LogP contribution in [-0.4, -0.2) is 43.0 Å². The normalized spacial score (nSPS) is 14.1. The molecule has 0 aromatic heterocycles. The van der Waals surface area contributed by atoms with Crippen molar-refractivity contribution in [1.29, 1.82) is 0 Å². The SMILES string of the molecule is C=CCOc1cccc(NC(=O)CNc2cccc(C(=O)N3CCC(C)CC3)c2)c1. The Morgan fingerprint density at radius 2 is 1.87 bits per heavy atom. The molecule has 6 heteroatoms. The molecule has 0 spiro atoms. The summed E-state index contributed by atoms with van der Waals surface area (Å²) in [5.74, 6) is 1.21. The summed E-state index contributed by atoms with van der Waals surface area (Å²) in [6.07, 6.45) is 3.76. The van der Waals surface area contributed by atoms with Gasteiger partial charge < -0.3 is 20.3 Å². The van der Waals surface area contributed by atoms with Gasteiger partial charge in [-0.05, 0) is 49.1 Å². The Balaban J connectivity index is 1.53. The molecule has 2 N–H and O–H groups in total. The molecule has 1 heterocycles. The van der Waals surface area contributed by atoms with Crippen LogP contribution in [0, 0.1) is 5.92 Å². The first-order valence-electron chi connectivity index (χ1n) is 10.3. The fraction of sp³-hybridized carbons (Fsp3) is 0.333. The van der Waals surface area contributed by atoms with Gasteiger partial charge in [-0.3, -0.25) is 9.59 Å². The summed E-state index contributed by atoms with van der Waals surface area (Å²) in [6.45, 7) is 7.95. The second-order valence-corrected chi connectivity index (χ2v) is 7.58. The molecule has 3 rings (SSSR count). The molecule has 158 valence electrons. The first-order chi connectivity index (χ1) is 14.5. The van der Waals surface area contributed by atoms with Crippen LogP contribution in [0.25, 0.3) is 0 Å². The van der Waals surface area contributed by atoms with Crippen molar-refractivity contribution in [2.24, 2.45) is 5.92 Å². The van der Waals surface area contributed by atoms with Crippen LogP contribution in [0.3, 0.4) is 0 Å². The molecule has 2 aromatic rings. The van der Waals surface area contributed by atoms with Crippen molar-refractivity contribution in [3.8, 4) is 5.75 Å². The zero-order valence-corrected chi connectivity index (χ0v) is 17.4. The maximum atomic E-state index is 12.7.